The second-order valence-electron chi connectivity index (χ2n) is 5.24. The fraction of sp³-hybridized carbons (Fsp3) is 0.312. The molecule has 0 saturated carbocycles. The predicted molar refractivity (Wildman–Crippen MR) is 80.4 cm³/mol. The van der Waals surface area contributed by atoms with Gasteiger partial charge >= 0.3 is 6.03 Å². The lowest BCUT2D eigenvalue weighted by Gasteiger charge is -2.19. The Morgan fingerprint density at radius 1 is 1.23 bits per heavy atom. The van der Waals surface area contributed by atoms with Crippen molar-refractivity contribution in [2.24, 2.45) is 0 Å². The number of urea groups is 1. The van der Waals surface area contributed by atoms with E-state index in [2.05, 4.69) is 5.16 Å². The van der Waals surface area contributed by atoms with E-state index in [0.29, 0.717) is 18.7 Å². The molecule has 1 saturated heterocycles. The van der Waals surface area contributed by atoms with Gasteiger partial charge in [-0.1, -0.05) is 35.5 Å². The van der Waals surface area contributed by atoms with Crippen LogP contribution in [0.4, 0.5) is 10.6 Å². The smallest absolute Gasteiger partial charge is 0.333 e. The molecule has 0 radical (unpaired) electrons. The molecule has 3 amide bonds. The Morgan fingerprint density at radius 2 is 1.95 bits per heavy atom. The first-order chi connectivity index (χ1) is 10.6. The van der Waals surface area contributed by atoms with Crippen molar-refractivity contribution in [3.05, 3.63) is 47.7 Å². The van der Waals surface area contributed by atoms with E-state index in [1.54, 1.807) is 17.9 Å². The Balaban J connectivity index is 1.90. The molecule has 1 aliphatic heterocycles. The first kappa shape index (κ1) is 14.3. The van der Waals surface area contributed by atoms with Crippen molar-refractivity contribution < 1.29 is 14.1 Å². The van der Waals surface area contributed by atoms with Crippen LogP contribution in [-0.4, -0.2) is 34.6 Å². The molecular formula is C16H17N3O3. The molecule has 2 heterocycles. The van der Waals surface area contributed by atoms with Crippen LogP contribution in [0.2, 0.25) is 0 Å². The van der Waals surface area contributed by atoms with E-state index in [-0.39, 0.29) is 17.8 Å². The number of rotatable bonds is 4. The van der Waals surface area contributed by atoms with Crippen LogP contribution in [0.15, 0.2) is 40.9 Å². The quantitative estimate of drug-likeness (QED) is 0.813. The van der Waals surface area contributed by atoms with Crippen molar-refractivity contribution in [3.63, 3.8) is 0 Å². The van der Waals surface area contributed by atoms with E-state index in [0.717, 1.165) is 10.5 Å². The summed E-state index contributed by atoms with van der Waals surface area (Å²) in [6.45, 7) is 4.05. The Hall–Kier alpha value is -2.63. The Morgan fingerprint density at radius 3 is 2.55 bits per heavy atom. The van der Waals surface area contributed by atoms with Gasteiger partial charge in [0, 0.05) is 19.0 Å². The molecule has 0 N–H and O–H groups in total. The highest BCUT2D eigenvalue weighted by atomic mass is 16.5. The second-order valence-corrected chi connectivity index (χ2v) is 5.24. The first-order valence-corrected chi connectivity index (χ1v) is 7.23. The third kappa shape index (κ3) is 2.36. The highest BCUT2D eigenvalue weighted by Gasteiger charge is 2.46. The highest BCUT2D eigenvalue weighted by Crippen LogP contribution is 2.26. The van der Waals surface area contributed by atoms with E-state index in [4.69, 9.17) is 4.52 Å². The van der Waals surface area contributed by atoms with Gasteiger partial charge in [-0.2, -0.15) is 0 Å². The van der Waals surface area contributed by atoms with E-state index < -0.39 is 6.04 Å². The topological polar surface area (TPSA) is 66.7 Å². The lowest BCUT2D eigenvalue weighted by molar-refractivity contribution is -0.119. The van der Waals surface area contributed by atoms with Crippen LogP contribution >= 0.6 is 0 Å². The van der Waals surface area contributed by atoms with Gasteiger partial charge in [0.05, 0.1) is 0 Å². The highest BCUT2D eigenvalue weighted by molar-refractivity contribution is 6.20. The summed E-state index contributed by atoms with van der Waals surface area (Å²) >= 11 is 0. The van der Waals surface area contributed by atoms with E-state index >= 15 is 0 Å². The van der Waals surface area contributed by atoms with Gasteiger partial charge in [-0.25, -0.2) is 9.69 Å². The fourth-order valence-electron chi connectivity index (χ4n) is 2.70. The molecule has 1 atom stereocenters. The van der Waals surface area contributed by atoms with Crippen molar-refractivity contribution in [3.8, 4) is 0 Å². The number of aromatic nitrogens is 1. The van der Waals surface area contributed by atoms with Gasteiger partial charge in [-0.05, 0) is 19.4 Å². The summed E-state index contributed by atoms with van der Waals surface area (Å²) in [6.07, 6.45) is 0.493. The van der Waals surface area contributed by atoms with Crippen LogP contribution in [-0.2, 0) is 11.2 Å². The molecule has 114 valence electrons. The van der Waals surface area contributed by atoms with Crippen molar-refractivity contribution in [1.82, 2.24) is 10.1 Å². The maximum atomic E-state index is 12.7. The molecule has 2 aromatic rings. The third-order valence-corrected chi connectivity index (χ3v) is 3.78. The lowest BCUT2D eigenvalue weighted by Crippen LogP contribution is -2.36. The number of benzene rings is 1. The van der Waals surface area contributed by atoms with Crippen molar-refractivity contribution in [2.75, 3.05) is 11.4 Å². The molecule has 6 nitrogen and oxygen atoms in total. The molecular weight excluding hydrogens is 282 g/mol. The van der Waals surface area contributed by atoms with Crippen LogP contribution in [0.1, 0.15) is 18.2 Å². The maximum Gasteiger partial charge on any atom is 0.333 e. The van der Waals surface area contributed by atoms with Gasteiger partial charge in [0.25, 0.3) is 5.91 Å². The second kappa shape index (κ2) is 5.63. The molecule has 0 aliphatic carbocycles. The molecule has 6 heteroatoms. The third-order valence-electron chi connectivity index (χ3n) is 3.78. The zero-order chi connectivity index (χ0) is 15.7. The van der Waals surface area contributed by atoms with Gasteiger partial charge in [-0.3, -0.25) is 4.79 Å². The van der Waals surface area contributed by atoms with Crippen molar-refractivity contribution >= 4 is 17.8 Å². The summed E-state index contributed by atoms with van der Waals surface area (Å²) < 4.78 is 4.98. The minimum absolute atomic E-state index is 0.251. The van der Waals surface area contributed by atoms with Crippen molar-refractivity contribution in [1.29, 1.82) is 0 Å². The fourth-order valence-corrected chi connectivity index (χ4v) is 2.70. The number of hydrogen-bond acceptors (Lipinski definition) is 4. The molecule has 0 bridgehead atoms. The zero-order valence-corrected chi connectivity index (χ0v) is 12.5. The van der Waals surface area contributed by atoms with Gasteiger partial charge in [0.2, 0.25) is 0 Å². The maximum absolute atomic E-state index is 12.7. The van der Waals surface area contributed by atoms with Gasteiger partial charge < -0.3 is 9.42 Å². The summed E-state index contributed by atoms with van der Waals surface area (Å²) in [7, 11) is 0. The minimum atomic E-state index is -0.503. The van der Waals surface area contributed by atoms with Gasteiger partial charge in [0.1, 0.15) is 11.8 Å². The largest absolute Gasteiger partial charge is 0.360 e. The number of likely N-dealkylation sites (N-methyl/N-ethyl adjacent to an activating group) is 1. The van der Waals surface area contributed by atoms with Crippen molar-refractivity contribution in [2.45, 2.75) is 26.3 Å². The van der Waals surface area contributed by atoms with Crippen LogP contribution < -0.4 is 4.90 Å². The number of hydrogen-bond donors (Lipinski definition) is 0. The molecule has 1 aliphatic rings. The number of amides is 3. The number of anilines is 1. The summed E-state index contributed by atoms with van der Waals surface area (Å²) in [5.41, 5.74) is 1.02. The average molecular weight is 299 g/mol. The average Bonchev–Trinajstić information content (AvgIpc) is 3.03. The molecule has 1 unspecified atom stereocenters. The molecule has 1 aromatic carbocycles. The number of imide groups is 1. The number of carbonyl (C=O) groups is 2. The summed E-state index contributed by atoms with van der Waals surface area (Å²) in [6, 6.07) is 10.4. The first-order valence-electron chi connectivity index (χ1n) is 7.23. The van der Waals surface area contributed by atoms with E-state index in [9.17, 15) is 9.59 Å². The standard InChI is InChI=1S/C16H17N3O3/c1-3-18-13(10-12-7-5-4-6-8-12)15(20)19(16(18)21)14-9-11(2)22-17-14/h4-9,13H,3,10H2,1-2H3. The Labute approximate surface area is 128 Å². The monoisotopic (exact) mass is 299 g/mol. The van der Waals surface area contributed by atoms with Gasteiger partial charge in [-0.15, -0.1) is 0 Å². The zero-order valence-electron chi connectivity index (χ0n) is 12.5. The van der Waals surface area contributed by atoms with Crippen LogP contribution in [0.25, 0.3) is 0 Å². The number of aryl methyl sites for hydroxylation is 1. The number of carbonyl (C=O) groups excluding carboxylic acids is 2. The Bertz CT molecular complexity index is 696. The summed E-state index contributed by atoms with van der Waals surface area (Å²) in [5, 5.41) is 3.79. The molecule has 0 spiro atoms. The Kier molecular flexibility index (Phi) is 3.66. The normalized spacial score (nSPS) is 18.4. The number of nitrogens with zero attached hydrogens (tertiary/aromatic N) is 3. The summed E-state index contributed by atoms with van der Waals surface area (Å²) in [4.78, 5) is 27.9. The van der Waals surface area contributed by atoms with Crippen LogP contribution in [0.5, 0.6) is 0 Å². The van der Waals surface area contributed by atoms with Crippen LogP contribution in [0.3, 0.4) is 0 Å². The SMILES string of the molecule is CCN1C(=O)N(c2cc(C)on2)C(=O)C1Cc1ccccc1. The van der Waals surface area contributed by atoms with E-state index in [1.807, 2.05) is 37.3 Å². The predicted octanol–water partition coefficient (Wildman–Crippen LogP) is 2.38. The lowest BCUT2D eigenvalue weighted by atomic mass is 10.1. The molecule has 22 heavy (non-hydrogen) atoms. The van der Waals surface area contributed by atoms with Gasteiger partial charge in [0.15, 0.2) is 5.82 Å². The van der Waals surface area contributed by atoms with E-state index in [1.165, 1.54) is 0 Å². The summed E-state index contributed by atoms with van der Waals surface area (Å²) in [5.74, 6) is 0.552. The molecule has 3 rings (SSSR count). The minimum Gasteiger partial charge on any atom is -0.360 e. The molecule has 1 aromatic heterocycles. The van der Waals surface area contributed by atoms with Crippen LogP contribution in [0, 0.1) is 6.92 Å². The molecule has 1 fully saturated rings.